The summed E-state index contributed by atoms with van der Waals surface area (Å²) in [5.41, 5.74) is 3.59. The summed E-state index contributed by atoms with van der Waals surface area (Å²) >= 11 is 0. The lowest BCUT2D eigenvalue weighted by Gasteiger charge is -2.11. The van der Waals surface area contributed by atoms with Gasteiger partial charge in [-0.2, -0.15) is 0 Å². The topological polar surface area (TPSA) is 147 Å². The summed E-state index contributed by atoms with van der Waals surface area (Å²) in [5.74, 6) is -2.40. The van der Waals surface area contributed by atoms with Crippen LogP contribution >= 0.6 is 0 Å². The number of carboxylic acid groups (broad SMARTS) is 3. The molecule has 3 atom stereocenters. The van der Waals surface area contributed by atoms with Gasteiger partial charge in [-0.15, -0.1) is 0 Å². The zero-order chi connectivity index (χ0) is 35.3. The first-order valence-corrected chi connectivity index (χ1v) is 15.6. The Kier molecular flexibility index (Phi) is 34.3. The molecular formula is C35H64O9. The van der Waals surface area contributed by atoms with Crippen molar-refractivity contribution in [2.45, 2.75) is 122 Å². The van der Waals surface area contributed by atoms with Gasteiger partial charge in [-0.1, -0.05) is 76.5 Å². The normalized spacial score (nSPS) is 13.1. The number of allylic oxidation sites excluding steroid dienone is 6. The van der Waals surface area contributed by atoms with E-state index in [1.807, 2.05) is 74.5 Å². The summed E-state index contributed by atoms with van der Waals surface area (Å²) in [4.78, 5) is 41.3. The molecule has 9 heteroatoms. The van der Waals surface area contributed by atoms with Crippen molar-refractivity contribution >= 4 is 23.9 Å². The summed E-state index contributed by atoms with van der Waals surface area (Å²) < 4.78 is 10.1. The second kappa shape index (κ2) is 31.5. The highest BCUT2D eigenvalue weighted by Gasteiger charge is 2.13. The Bertz CT molecular complexity index is 810. The van der Waals surface area contributed by atoms with Crippen molar-refractivity contribution in [2.75, 3.05) is 19.8 Å². The summed E-state index contributed by atoms with van der Waals surface area (Å²) in [5, 5.41) is 24.7. The second-order valence-electron chi connectivity index (χ2n) is 12.0. The first-order valence-electron chi connectivity index (χ1n) is 15.6. The average molecular weight is 629 g/mol. The van der Waals surface area contributed by atoms with Crippen LogP contribution in [0.3, 0.4) is 0 Å². The molecule has 0 aromatic rings. The number of esters is 1. The van der Waals surface area contributed by atoms with Gasteiger partial charge in [-0.05, 0) is 79.6 Å². The molecule has 0 saturated carbocycles. The zero-order valence-corrected chi connectivity index (χ0v) is 29.7. The molecule has 9 nitrogen and oxygen atoms in total. The van der Waals surface area contributed by atoms with Gasteiger partial charge in [0.25, 0.3) is 0 Å². The fraction of sp³-hybridized carbons (Fsp3) is 0.714. The maximum absolute atomic E-state index is 11.4. The standard InChI is InChI=1S/C12H22O2.2C8H14O2.C4H8O.C3H6O2/c1-9(2)6-7-11(5)12(13)14-8-10(3)4;2*1-6(2)4-5-7(3)8(9)10;1-2-4-5-3-1;1-2-3(4)5/h6,10-11H,7-8H2,1-5H3;2*4,7H,5H2,1-3H3,(H,9,10);1-4H2;2H2,1H3,(H,4,5). The van der Waals surface area contributed by atoms with E-state index in [1.54, 1.807) is 20.8 Å². The van der Waals surface area contributed by atoms with E-state index in [9.17, 15) is 19.2 Å². The molecule has 1 aliphatic heterocycles. The first-order chi connectivity index (χ1) is 20.3. The predicted octanol–water partition coefficient (Wildman–Crippen LogP) is 8.58. The number of hydrogen-bond donors (Lipinski definition) is 3. The molecule has 1 aliphatic rings. The van der Waals surface area contributed by atoms with Crippen LogP contribution in [0.1, 0.15) is 122 Å². The Balaban J connectivity index is -0.000000239. The molecule has 0 radical (unpaired) electrons. The largest absolute Gasteiger partial charge is 0.481 e. The fourth-order valence-electron chi connectivity index (χ4n) is 2.44. The number of carbonyl (C=O) groups is 4. The summed E-state index contributed by atoms with van der Waals surface area (Å²) in [6, 6.07) is 0. The van der Waals surface area contributed by atoms with Crippen molar-refractivity contribution in [3.8, 4) is 0 Å². The molecular weight excluding hydrogens is 564 g/mol. The van der Waals surface area contributed by atoms with E-state index in [1.165, 1.54) is 29.6 Å². The van der Waals surface area contributed by atoms with E-state index < -0.39 is 17.9 Å². The molecule has 0 aromatic heterocycles. The lowest BCUT2D eigenvalue weighted by Crippen LogP contribution is -2.17. The van der Waals surface area contributed by atoms with Gasteiger partial charge in [0.2, 0.25) is 0 Å². The quantitative estimate of drug-likeness (QED) is 0.143. The van der Waals surface area contributed by atoms with Crippen LogP contribution in [0.5, 0.6) is 0 Å². The lowest BCUT2D eigenvalue weighted by molar-refractivity contribution is -0.149. The number of rotatable bonds is 12. The Morgan fingerprint density at radius 1 is 0.659 bits per heavy atom. The summed E-state index contributed by atoms with van der Waals surface area (Å²) in [7, 11) is 0. The number of carbonyl (C=O) groups excluding carboxylic acids is 1. The molecule has 1 rings (SSSR count). The van der Waals surface area contributed by atoms with E-state index in [0.717, 1.165) is 19.6 Å². The predicted molar refractivity (Wildman–Crippen MR) is 179 cm³/mol. The van der Waals surface area contributed by atoms with Gasteiger partial charge in [-0.3, -0.25) is 19.2 Å². The third-order valence-corrected chi connectivity index (χ3v) is 5.57. The van der Waals surface area contributed by atoms with E-state index in [2.05, 4.69) is 6.08 Å². The minimum Gasteiger partial charge on any atom is -0.481 e. The van der Waals surface area contributed by atoms with Gasteiger partial charge in [0.1, 0.15) is 0 Å². The van der Waals surface area contributed by atoms with Crippen molar-refractivity contribution in [1.82, 2.24) is 0 Å². The SMILES string of the molecule is C1CCOC1.CC(C)=CCC(C)C(=O)O.CC(C)=CCC(C)C(=O)O.CC(C)=CCC(C)C(=O)OCC(C)C.CCC(=O)O. The van der Waals surface area contributed by atoms with Crippen LogP contribution < -0.4 is 0 Å². The van der Waals surface area contributed by atoms with E-state index in [4.69, 9.17) is 24.8 Å². The van der Waals surface area contributed by atoms with Crippen LogP contribution in [0, 0.1) is 23.7 Å². The smallest absolute Gasteiger partial charge is 0.308 e. The molecule has 0 aromatic carbocycles. The van der Waals surface area contributed by atoms with Crippen molar-refractivity contribution in [2.24, 2.45) is 23.7 Å². The number of carboxylic acids is 3. The van der Waals surface area contributed by atoms with Crippen LogP contribution in [0.15, 0.2) is 34.9 Å². The van der Waals surface area contributed by atoms with Crippen LogP contribution in [0.25, 0.3) is 0 Å². The zero-order valence-electron chi connectivity index (χ0n) is 29.7. The third kappa shape index (κ3) is 43.5. The Morgan fingerprint density at radius 3 is 1.18 bits per heavy atom. The average Bonchev–Trinajstić information content (AvgIpc) is 3.53. The molecule has 0 aliphatic carbocycles. The molecule has 0 amide bonds. The van der Waals surface area contributed by atoms with E-state index in [0.29, 0.717) is 25.4 Å². The molecule has 0 bridgehead atoms. The van der Waals surface area contributed by atoms with Gasteiger partial charge < -0.3 is 24.8 Å². The molecule has 0 spiro atoms. The van der Waals surface area contributed by atoms with Crippen LogP contribution in [-0.2, 0) is 28.7 Å². The minimum absolute atomic E-state index is 0.0244. The third-order valence-electron chi connectivity index (χ3n) is 5.57. The number of hydrogen-bond acceptors (Lipinski definition) is 6. The van der Waals surface area contributed by atoms with Crippen LogP contribution in [0.2, 0.25) is 0 Å². The summed E-state index contributed by atoms with van der Waals surface area (Å²) in [6.45, 7) is 25.5. The van der Waals surface area contributed by atoms with Gasteiger partial charge >= 0.3 is 23.9 Å². The van der Waals surface area contributed by atoms with Crippen LogP contribution in [0.4, 0.5) is 0 Å². The number of ether oxygens (including phenoxy) is 2. The van der Waals surface area contributed by atoms with Crippen molar-refractivity contribution in [3.63, 3.8) is 0 Å². The maximum Gasteiger partial charge on any atom is 0.308 e. The molecule has 1 heterocycles. The first kappa shape index (κ1) is 48.0. The van der Waals surface area contributed by atoms with E-state index >= 15 is 0 Å². The summed E-state index contributed by atoms with van der Waals surface area (Å²) in [6.07, 6.45) is 10.8. The van der Waals surface area contributed by atoms with Crippen molar-refractivity contribution in [1.29, 1.82) is 0 Å². The lowest BCUT2D eigenvalue weighted by atomic mass is 10.1. The molecule has 258 valence electrons. The second-order valence-corrected chi connectivity index (χ2v) is 12.0. The molecule has 3 unspecified atom stereocenters. The monoisotopic (exact) mass is 628 g/mol. The molecule has 3 N–H and O–H groups in total. The highest BCUT2D eigenvalue weighted by Crippen LogP contribution is 2.09. The highest BCUT2D eigenvalue weighted by molar-refractivity contribution is 5.72. The minimum atomic E-state index is -0.745. The Morgan fingerprint density at radius 2 is 0.977 bits per heavy atom. The van der Waals surface area contributed by atoms with Crippen molar-refractivity contribution in [3.05, 3.63) is 34.9 Å². The van der Waals surface area contributed by atoms with Gasteiger partial charge in [0.05, 0.1) is 24.4 Å². The van der Waals surface area contributed by atoms with E-state index in [-0.39, 0.29) is 30.1 Å². The highest BCUT2D eigenvalue weighted by atomic mass is 16.5. The van der Waals surface area contributed by atoms with Gasteiger partial charge in [0.15, 0.2) is 0 Å². The fourth-order valence-corrected chi connectivity index (χ4v) is 2.44. The molecule has 1 fully saturated rings. The number of aliphatic carboxylic acids is 3. The maximum atomic E-state index is 11.4. The van der Waals surface area contributed by atoms with Gasteiger partial charge in [0, 0.05) is 19.6 Å². The Hall–Kier alpha value is -2.94. The van der Waals surface area contributed by atoms with Crippen LogP contribution in [-0.4, -0.2) is 59.0 Å². The molecule has 1 saturated heterocycles. The molecule has 44 heavy (non-hydrogen) atoms. The van der Waals surface area contributed by atoms with Gasteiger partial charge in [-0.25, -0.2) is 0 Å². The van der Waals surface area contributed by atoms with Crippen molar-refractivity contribution < 1.29 is 44.0 Å². The Labute approximate surface area is 267 Å².